The molecule has 0 radical (unpaired) electrons. The Morgan fingerprint density at radius 1 is 1.21 bits per heavy atom. The fourth-order valence-electron chi connectivity index (χ4n) is 5.43. The summed E-state index contributed by atoms with van der Waals surface area (Å²) in [7, 11) is 0. The van der Waals surface area contributed by atoms with Crippen LogP contribution in [-0.4, -0.2) is 63.9 Å². The zero-order valence-corrected chi connectivity index (χ0v) is 18.8. The molecule has 0 spiro atoms. The molecule has 8 nitrogen and oxygen atoms in total. The second-order valence-corrected chi connectivity index (χ2v) is 9.82. The maximum atomic E-state index is 13.6. The summed E-state index contributed by atoms with van der Waals surface area (Å²) in [5.41, 5.74) is 2.65. The highest BCUT2D eigenvalue weighted by Gasteiger charge is 2.56. The molecule has 2 unspecified atom stereocenters. The Kier molecular flexibility index (Phi) is 5.64. The van der Waals surface area contributed by atoms with Crippen LogP contribution in [0.15, 0.2) is 35.7 Å². The largest absolute Gasteiger partial charge is 0.391 e. The molecule has 2 N–H and O–H groups in total. The van der Waals surface area contributed by atoms with Crippen LogP contribution in [0.4, 0.5) is 0 Å². The van der Waals surface area contributed by atoms with Gasteiger partial charge < -0.3 is 20.2 Å². The number of benzene rings is 1. The average Bonchev–Trinajstić information content (AvgIpc) is 3.57. The molecule has 9 heteroatoms. The molecule has 2 fully saturated rings. The lowest BCUT2D eigenvalue weighted by Gasteiger charge is -2.40. The third kappa shape index (κ3) is 3.90. The molecule has 170 valence electrons. The van der Waals surface area contributed by atoms with Gasteiger partial charge in [0.25, 0.3) is 5.91 Å². The summed E-state index contributed by atoms with van der Waals surface area (Å²) in [5, 5.41) is 24.1. The Hall–Kier alpha value is -3.22. The quantitative estimate of drug-likeness (QED) is 0.708. The molecule has 1 aromatic heterocycles. The van der Waals surface area contributed by atoms with Gasteiger partial charge in [0.2, 0.25) is 11.8 Å². The summed E-state index contributed by atoms with van der Waals surface area (Å²) in [6, 6.07) is 10.1. The Balaban J connectivity index is 1.32. The normalized spacial score (nSPS) is 25.5. The zero-order valence-electron chi connectivity index (χ0n) is 17.9. The minimum Gasteiger partial charge on any atom is -0.391 e. The van der Waals surface area contributed by atoms with Crippen LogP contribution in [0.2, 0.25) is 0 Å². The van der Waals surface area contributed by atoms with E-state index in [0.29, 0.717) is 42.8 Å². The van der Waals surface area contributed by atoms with Crippen molar-refractivity contribution in [3.05, 3.63) is 57.3 Å². The van der Waals surface area contributed by atoms with Crippen molar-refractivity contribution in [3.63, 3.8) is 0 Å². The van der Waals surface area contributed by atoms with Gasteiger partial charge in [0.05, 0.1) is 35.2 Å². The van der Waals surface area contributed by atoms with E-state index in [1.54, 1.807) is 28.5 Å². The van der Waals surface area contributed by atoms with Crippen LogP contribution in [0.5, 0.6) is 0 Å². The van der Waals surface area contributed by atoms with E-state index in [-0.39, 0.29) is 30.2 Å². The summed E-state index contributed by atoms with van der Waals surface area (Å²) in [6.45, 7) is 0.730. The number of nitrogens with one attached hydrogen (secondary N) is 1. The third-order valence-corrected chi connectivity index (χ3v) is 7.85. The number of piperidine rings is 1. The van der Waals surface area contributed by atoms with Gasteiger partial charge in [-0.3, -0.25) is 14.4 Å². The first-order valence-corrected chi connectivity index (χ1v) is 12.0. The van der Waals surface area contributed by atoms with Crippen molar-refractivity contribution < 1.29 is 19.5 Å². The van der Waals surface area contributed by atoms with Crippen molar-refractivity contribution in [1.29, 1.82) is 5.26 Å². The van der Waals surface area contributed by atoms with E-state index in [2.05, 4.69) is 11.4 Å². The van der Waals surface area contributed by atoms with Crippen LogP contribution in [0, 0.1) is 17.2 Å². The molecule has 2 aromatic rings. The number of amides is 3. The Labute approximate surface area is 195 Å². The molecule has 1 saturated carbocycles. The number of carbonyl (C=O) groups is 3. The molecule has 2 bridgehead atoms. The minimum absolute atomic E-state index is 0.0960. The fraction of sp³-hybridized carbons (Fsp3) is 0.417. The number of nitriles is 1. The molecule has 2 aliphatic heterocycles. The van der Waals surface area contributed by atoms with Gasteiger partial charge in [0.1, 0.15) is 6.04 Å². The first-order valence-electron chi connectivity index (χ1n) is 11.1. The number of aliphatic hydroxyl groups excluding tert-OH is 1. The molecule has 1 saturated heterocycles. The number of hydrogen-bond acceptors (Lipinski definition) is 6. The molecule has 33 heavy (non-hydrogen) atoms. The summed E-state index contributed by atoms with van der Waals surface area (Å²) in [4.78, 5) is 42.8. The molecule has 3 aliphatic rings. The number of thiophene rings is 1. The van der Waals surface area contributed by atoms with Crippen LogP contribution in [0.25, 0.3) is 0 Å². The first kappa shape index (κ1) is 21.6. The van der Waals surface area contributed by atoms with Gasteiger partial charge in [-0.25, -0.2) is 0 Å². The van der Waals surface area contributed by atoms with E-state index in [9.17, 15) is 24.8 Å². The predicted molar refractivity (Wildman–Crippen MR) is 120 cm³/mol. The van der Waals surface area contributed by atoms with Gasteiger partial charge in [0, 0.05) is 13.1 Å². The number of aliphatic hydroxyl groups is 1. The molecule has 3 amide bonds. The van der Waals surface area contributed by atoms with Crippen LogP contribution in [0.1, 0.15) is 39.2 Å². The van der Waals surface area contributed by atoms with Gasteiger partial charge in [-0.2, -0.15) is 5.26 Å². The SMILES string of the molecule is N#Cc1ccc2c(c1)CN(C(=O)[C@H]1C3CC([C@H](O)C3)N1C(=O)CNC(=O)c1cccs1)CC2. The highest BCUT2D eigenvalue weighted by Crippen LogP contribution is 2.43. The third-order valence-electron chi connectivity index (χ3n) is 6.98. The van der Waals surface area contributed by atoms with Crippen molar-refractivity contribution in [3.8, 4) is 6.07 Å². The van der Waals surface area contributed by atoms with Crippen molar-refractivity contribution in [1.82, 2.24) is 15.1 Å². The second-order valence-electron chi connectivity index (χ2n) is 8.88. The van der Waals surface area contributed by atoms with Gasteiger partial charge in [-0.05, 0) is 59.9 Å². The molecule has 5 rings (SSSR count). The number of hydrogen-bond donors (Lipinski definition) is 2. The molecule has 3 heterocycles. The number of rotatable bonds is 4. The summed E-state index contributed by atoms with van der Waals surface area (Å²) < 4.78 is 0. The van der Waals surface area contributed by atoms with Crippen molar-refractivity contribution in [2.75, 3.05) is 13.1 Å². The van der Waals surface area contributed by atoms with Crippen molar-refractivity contribution >= 4 is 29.1 Å². The molecule has 1 aliphatic carbocycles. The maximum Gasteiger partial charge on any atom is 0.261 e. The van der Waals surface area contributed by atoms with E-state index in [4.69, 9.17) is 0 Å². The lowest BCUT2D eigenvalue weighted by atomic mass is 9.93. The standard InChI is InChI=1S/C24H24N4O4S/c25-11-14-3-4-15-5-6-27(13-17(15)8-14)24(32)22-16-9-18(19(29)10-16)28(22)21(30)12-26-23(31)20-2-1-7-33-20/h1-4,7-8,16,18-19,22,29H,5-6,9-10,12-13H2,(H,26,31)/t16?,18?,19-,22-/m1/s1. The van der Waals surface area contributed by atoms with E-state index in [1.165, 1.54) is 16.2 Å². The number of nitrogens with zero attached hydrogens (tertiary/aromatic N) is 3. The van der Waals surface area contributed by atoms with Gasteiger partial charge in [0.15, 0.2) is 0 Å². The Morgan fingerprint density at radius 2 is 2.06 bits per heavy atom. The Bertz CT molecular complexity index is 1140. The second kappa shape index (κ2) is 8.61. The summed E-state index contributed by atoms with van der Waals surface area (Å²) >= 11 is 1.29. The minimum atomic E-state index is -0.656. The molecular weight excluding hydrogens is 440 g/mol. The highest BCUT2D eigenvalue weighted by molar-refractivity contribution is 7.12. The predicted octanol–water partition coefficient (Wildman–Crippen LogP) is 1.28. The zero-order chi connectivity index (χ0) is 23.1. The lowest BCUT2D eigenvalue weighted by Crippen LogP contribution is -2.59. The molecule has 4 atom stereocenters. The highest BCUT2D eigenvalue weighted by atomic mass is 32.1. The van der Waals surface area contributed by atoms with Crippen LogP contribution < -0.4 is 5.32 Å². The molecular formula is C24H24N4O4S. The van der Waals surface area contributed by atoms with Gasteiger partial charge in [-0.15, -0.1) is 11.3 Å². The van der Waals surface area contributed by atoms with E-state index >= 15 is 0 Å². The monoisotopic (exact) mass is 464 g/mol. The topological polar surface area (TPSA) is 114 Å². The summed E-state index contributed by atoms with van der Waals surface area (Å²) in [5.74, 6) is -0.901. The summed E-state index contributed by atoms with van der Waals surface area (Å²) in [6.07, 6.45) is 1.12. The smallest absolute Gasteiger partial charge is 0.261 e. The van der Waals surface area contributed by atoms with Gasteiger partial charge in [-0.1, -0.05) is 12.1 Å². The Morgan fingerprint density at radius 3 is 2.82 bits per heavy atom. The van der Waals surface area contributed by atoms with Crippen LogP contribution in [-0.2, 0) is 22.6 Å². The first-order chi connectivity index (χ1) is 16.0. The molecule has 1 aromatic carbocycles. The van der Waals surface area contributed by atoms with E-state index in [0.717, 1.165) is 11.1 Å². The van der Waals surface area contributed by atoms with Crippen LogP contribution >= 0.6 is 11.3 Å². The number of likely N-dealkylation sites (tertiary alicyclic amines) is 1. The van der Waals surface area contributed by atoms with Crippen molar-refractivity contribution in [2.45, 2.75) is 44.0 Å². The fourth-order valence-corrected chi connectivity index (χ4v) is 6.07. The van der Waals surface area contributed by atoms with E-state index in [1.807, 2.05) is 12.1 Å². The van der Waals surface area contributed by atoms with Crippen LogP contribution in [0.3, 0.4) is 0 Å². The number of fused-ring (bicyclic) bond motifs is 3. The van der Waals surface area contributed by atoms with Gasteiger partial charge >= 0.3 is 0 Å². The van der Waals surface area contributed by atoms with E-state index < -0.39 is 18.2 Å². The lowest BCUT2D eigenvalue weighted by molar-refractivity contribution is -0.151. The van der Waals surface area contributed by atoms with Crippen molar-refractivity contribution in [2.24, 2.45) is 5.92 Å². The number of carbonyl (C=O) groups excluding carboxylic acids is 3. The maximum absolute atomic E-state index is 13.6. The average molecular weight is 465 g/mol.